The van der Waals surface area contributed by atoms with Crippen LogP contribution in [-0.4, -0.2) is 55.2 Å². The van der Waals surface area contributed by atoms with E-state index >= 15 is 0 Å². The van der Waals surface area contributed by atoms with Gasteiger partial charge in [0.1, 0.15) is 6.54 Å². The van der Waals surface area contributed by atoms with Crippen molar-refractivity contribution in [2.75, 3.05) is 26.7 Å². The van der Waals surface area contributed by atoms with E-state index in [0.29, 0.717) is 17.9 Å². The minimum absolute atomic E-state index is 0.256. The Balaban J connectivity index is 2.75. The Morgan fingerprint density at radius 3 is 2.50 bits per heavy atom. The van der Waals surface area contributed by atoms with E-state index in [9.17, 15) is 22.8 Å². The van der Waals surface area contributed by atoms with Crippen LogP contribution in [0, 0.1) is 0 Å². The van der Waals surface area contributed by atoms with Gasteiger partial charge in [-0.3, -0.25) is 9.59 Å². The van der Waals surface area contributed by atoms with E-state index in [1.807, 2.05) is 0 Å². The first-order chi connectivity index (χ1) is 9.18. The first-order valence-electron chi connectivity index (χ1n) is 6.36. The Morgan fingerprint density at radius 2 is 2.05 bits per heavy atom. The van der Waals surface area contributed by atoms with E-state index in [4.69, 9.17) is 0 Å². The van der Waals surface area contributed by atoms with Gasteiger partial charge in [0.25, 0.3) is 0 Å². The van der Waals surface area contributed by atoms with Gasteiger partial charge in [-0.15, -0.1) is 0 Å². The molecular formula is C12H19F3N2O3. The minimum Gasteiger partial charge on any atom is -0.469 e. The van der Waals surface area contributed by atoms with E-state index in [0.717, 1.165) is 13.5 Å². The monoisotopic (exact) mass is 296 g/mol. The lowest BCUT2D eigenvalue weighted by atomic mass is 9.98. The third-order valence-corrected chi connectivity index (χ3v) is 3.31. The molecule has 1 heterocycles. The molecule has 0 aromatic rings. The molecule has 116 valence electrons. The quantitative estimate of drug-likeness (QED) is 0.771. The van der Waals surface area contributed by atoms with Crippen molar-refractivity contribution in [3.05, 3.63) is 0 Å². The summed E-state index contributed by atoms with van der Waals surface area (Å²) in [5, 5.41) is 2.93. The Kier molecular flexibility index (Phi) is 5.38. The van der Waals surface area contributed by atoms with Crippen LogP contribution in [0.2, 0.25) is 0 Å². The average Bonchev–Trinajstić information content (AvgIpc) is 2.80. The molecule has 0 aromatic carbocycles. The van der Waals surface area contributed by atoms with E-state index in [1.54, 1.807) is 6.92 Å². The molecule has 0 spiro atoms. The summed E-state index contributed by atoms with van der Waals surface area (Å²) in [4.78, 5) is 24.0. The van der Waals surface area contributed by atoms with Gasteiger partial charge in [0, 0.05) is 6.54 Å². The second-order valence-corrected chi connectivity index (χ2v) is 5.03. The molecule has 1 saturated heterocycles. The fourth-order valence-electron chi connectivity index (χ4n) is 2.22. The summed E-state index contributed by atoms with van der Waals surface area (Å²) in [7, 11) is 1.15. The van der Waals surface area contributed by atoms with Gasteiger partial charge in [-0.05, 0) is 26.3 Å². The predicted octanol–water partition coefficient (Wildman–Crippen LogP) is 1.08. The lowest BCUT2D eigenvalue weighted by Gasteiger charge is -2.32. The fourth-order valence-corrected chi connectivity index (χ4v) is 2.22. The van der Waals surface area contributed by atoms with Crippen LogP contribution in [0.1, 0.15) is 26.2 Å². The molecule has 1 fully saturated rings. The van der Waals surface area contributed by atoms with Crippen LogP contribution in [0.3, 0.4) is 0 Å². The summed E-state index contributed by atoms with van der Waals surface area (Å²) in [6.45, 7) is 0.519. The van der Waals surface area contributed by atoms with Crippen molar-refractivity contribution in [3.63, 3.8) is 0 Å². The van der Waals surface area contributed by atoms with E-state index in [1.165, 1.54) is 0 Å². The zero-order valence-corrected chi connectivity index (χ0v) is 11.5. The van der Waals surface area contributed by atoms with Gasteiger partial charge >= 0.3 is 12.1 Å². The number of halogens is 3. The van der Waals surface area contributed by atoms with Crippen LogP contribution in [0.4, 0.5) is 13.2 Å². The van der Waals surface area contributed by atoms with Gasteiger partial charge in [0.05, 0.1) is 19.1 Å². The van der Waals surface area contributed by atoms with Crippen LogP contribution < -0.4 is 5.32 Å². The number of esters is 1. The molecular weight excluding hydrogens is 277 g/mol. The zero-order valence-electron chi connectivity index (χ0n) is 11.5. The van der Waals surface area contributed by atoms with Crippen LogP contribution in [0.15, 0.2) is 0 Å². The summed E-state index contributed by atoms with van der Waals surface area (Å²) in [5.41, 5.74) is -0.985. The largest absolute Gasteiger partial charge is 0.469 e. The highest BCUT2D eigenvalue weighted by atomic mass is 19.4. The van der Waals surface area contributed by atoms with Gasteiger partial charge < -0.3 is 15.0 Å². The maximum absolute atomic E-state index is 12.6. The second-order valence-electron chi connectivity index (χ2n) is 5.03. The lowest BCUT2D eigenvalue weighted by Crippen LogP contribution is -2.55. The molecule has 1 unspecified atom stereocenters. The molecule has 0 aliphatic carbocycles. The zero-order chi connectivity index (χ0) is 15.4. The van der Waals surface area contributed by atoms with Crippen molar-refractivity contribution >= 4 is 11.9 Å². The number of alkyl halides is 3. The fraction of sp³-hybridized carbons (Fsp3) is 0.833. The van der Waals surface area contributed by atoms with E-state index in [-0.39, 0.29) is 13.0 Å². The Labute approximate surface area is 115 Å². The van der Waals surface area contributed by atoms with Crippen LogP contribution in [-0.2, 0) is 14.3 Å². The Bertz CT molecular complexity index is 365. The molecule has 1 N–H and O–H groups in total. The normalized spacial score (nSPS) is 22.6. The number of amides is 1. The molecule has 5 nitrogen and oxygen atoms in total. The second kappa shape index (κ2) is 6.43. The smallest absolute Gasteiger partial charge is 0.406 e. The van der Waals surface area contributed by atoms with Gasteiger partial charge in [0.15, 0.2) is 0 Å². The van der Waals surface area contributed by atoms with Crippen molar-refractivity contribution in [1.82, 2.24) is 10.2 Å². The number of rotatable bonds is 5. The van der Waals surface area contributed by atoms with Crippen molar-refractivity contribution in [1.29, 1.82) is 0 Å². The minimum atomic E-state index is -4.50. The van der Waals surface area contributed by atoms with Crippen LogP contribution in [0.25, 0.3) is 0 Å². The van der Waals surface area contributed by atoms with Gasteiger partial charge in [-0.2, -0.15) is 13.2 Å². The maximum atomic E-state index is 12.6. The first-order valence-corrected chi connectivity index (χ1v) is 6.36. The van der Waals surface area contributed by atoms with Crippen LogP contribution in [0.5, 0.6) is 0 Å². The highest BCUT2D eigenvalue weighted by molar-refractivity contribution is 5.86. The number of carbonyl (C=O) groups is 2. The Hall–Kier alpha value is -1.31. The van der Waals surface area contributed by atoms with Crippen LogP contribution >= 0.6 is 0 Å². The molecule has 0 bridgehead atoms. The lowest BCUT2D eigenvalue weighted by molar-refractivity contribution is -0.166. The summed E-state index contributed by atoms with van der Waals surface area (Å²) in [6, 6.07) is 0. The molecule has 8 heteroatoms. The SMILES string of the molecule is COC(=O)CCN(CC(F)(F)F)C(=O)C1(C)CCCN1. The van der Waals surface area contributed by atoms with Gasteiger partial charge in [-0.25, -0.2) is 0 Å². The molecule has 20 heavy (non-hydrogen) atoms. The topological polar surface area (TPSA) is 58.6 Å². The molecule has 1 atom stereocenters. The van der Waals surface area contributed by atoms with Gasteiger partial charge in [0.2, 0.25) is 5.91 Å². The van der Waals surface area contributed by atoms with Crippen molar-refractivity contribution < 1.29 is 27.5 Å². The molecule has 1 rings (SSSR count). The third kappa shape index (κ3) is 4.66. The number of nitrogens with one attached hydrogen (secondary N) is 1. The summed E-state index contributed by atoms with van der Waals surface area (Å²) < 4.78 is 42.0. The van der Waals surface area contributed by atoms with E-state index < -0.39 is 30.1 Å². The number of ether oxygens (including phenoxy) is 1. The highest BCUT2D eigenvalue weighted by Gasteiger charge is 2.42. The molecule has 0 aromatic heterocycles. The predicted molar refractivity (Wildman–Crippen MR) is 64.9 cm³/mol. The Morgan fingerprint density at radius 1 is 1.40 bits per heavy atom. The maximum Gasteiger partial charge on any atom is 0.406 e. The highest BCUT2D eigenvalue weighted by Crippen LogP contribution is 2.24. The average molecular weight is 296 g/mol. The summed E-state index contributed by atoms with van der Waals surface area (Å²) in [6.07, 6.45) is -3.54. The molecule has 1 aliphatic rings. The number of hydrogen-bond acceptors (Lipinski definition) is 4. The molecule has 1 amide bonds. The van der Waals surface area contributed by atoms with Gasteiger partial charge in [-0.1, -0.05) is 0 Å². The number of methoxy groups -OCH3 is 1. The van der Waals surface area contributed by atoms with Crippen molar-refractivity contribution in [2.24, 2.45) is 0 Å². The van der Waals surface area contributed by atoms with Crippen molar-refractivity contribution in [2.45, 2.75) is 37.9 Å². The molecule has 0 radical (unpaired) electrons. The van der Waals surface area contributed by atoms with Crippen molar-refractivity contribution in [3.8, 4) is 0 Å². The standard InChI is InChI=1S/C12H19F3N2O3/c1-11(5-3-6-16-11)10(19)17(8-12(13,14)15)7-4-9(18)20-2/h16H,3-8H2,1-2H3. The first kappa shape index (κ1) is 16.7. The molecule has 0 saturated carbocycles. The summed E-state index contributed by atoms with van der Waals surface area (Å²) in [5.74, 6) is -1.27. The number of hydrogen-bond donors (Lipinski definition) is 1. The number of nitrogens with zero attached hydrogens (tertiary/aromatic N) is 1. The third-order valence-electron chi connectivity index (χ3n) is 3.31. The van der Waals surface area contributed by atoms with E-state index in [2.05, 4.69) is 10.1 Å². The molecule has 1 aliphatic heterocycles. The summed E-state index contributed by atoms with van der Waals surface area (Å²) >= 11 is 0. The number of carbonyl (C=O) groups excluding carboxylic acids is 2.